The smallest absolute Gasteiger partial charge is 0.181 e. The number of pyridine rings is 1. The summed E-state index contributed by atoms with van der Waals surface area (Å²) in [5, 5.41) is 15.7. The van der Waals surface area contributed by atoms with Crippen LogP contribution in [0, 0.1) is 6.92 Å². The van der Waals surface area contributed by atoms with Gasteiger partial charge in [-0.1, -0.05) is 29.8 Å². The van der Waals surface area contributed by atoms with Gasteiger partial charge >= 0.3 is 0 Å². The zero-order valence-electron chi connectivity index (χ0n) is 16.6. The summed E-state index contributed by atoms with van der Waals surface area (Å²) in [7, 11) is 0. The maximum absolute atomic E-state index is 9.84. The fraction of sp³-hybridized carbons (Fsp3) is 0.120. The van der Waals surface area contributed by atoms with Crippen molar-refractivity contribution in [3.63, 3.8) is 0 Å². The SMILES string of the molecule is Cc1ccc2nc3ccccc3c(CNc3ccc(-c4cnco4)c(CO)c3)c2c1. The molecule has 0 aliphatic rings. The standard InChI is InChI=1S/C25H21N3O2/c1-16-6-9-24-21(10-16)22(20-4-2-3-5-23(20)28-24)12-27-18-7-8-19(17(11-18)14-29)25-13-26-15-30-25/h2-11,13,15,27,29H,12,14H2,1H3. The van der Waals surface area contributed by atoms with E-state index in [0.717, 1.165) is 38.6 Å². The first kappa shape index (κ1) is 18.3. The summed E-state index contributed by atoms with van der Waals surface area (Å²) < 4.78 is 5.39. The van der Waals surface area contributed by atoms with Gasteiger partial charge in [0.1, 0.15) is 0 Å². The summed E-state index contributed by atoms with van der Waals surface area (Å²) in [6.07, 6.45) is 3.05. The fourth-order valence-corrected chi connectivity index (χ4v) is 3.89. The van der Waals surface area contributed by atoms with Crippen molar-refractivity contribution in [1.82, 2.24) is 9.97 Å². The molecule has 0 amide bonds. The number of hydrogen-bond donors (Lipinski definition) is 2. The van der Waals surface area contributed by atoms with Crippen LogP contribution < -0.4 is 5.32 Å². The zero-order valence-corrected chi connectivity index (χ0v) is 16.6. The Labute approximate surface area is 174 Å². The Morgan fingerprint density at radius 1 is 0.967 bits per heavy atom. The average molecular weight is 395 g/mol. The van der Waals surface area contributed by atoms with Crippen LogP contribution in [0.5, 0.6) is 0 Å². The van der Waals surface area contributed by atoms with Crippen molar-refractivity contribution in [2.45, 2.75) is 20.1 Å². The Morgan fingerprint density at radius 2 is 1.83 bits per heavy atom. The fourth-order valence-electron chi connectivity index (χ4n) is 3.89. The molecule has 148 valence electrons. The molecule has 2 heterocycles. The van der Waals surface area contributed by atoms with E-state index in [1.165, 1.54) is 17.5 Å². The minimum Gasteiger partial charge on any atom is -0.444 e. The van der Waals surface area contributed by atoms with Gasteiger partial charge in [0.25, 0.3) is 0 Å². The number of para-hydroxylation sites is 1. The molecule has 0 saturated heterocycles. The van der Waals surface area contributed by atoms with Crippen LogP contribution in [0.4, 0.5) is 5.69 Å². The molecule has 30 heavy (non-hydrogen) atoms. The summed E-state index contributed by atoms with van der Waals surface area (Å²) in [5.74, 6) is 0.646. The second kappa shape index (κ2) is 7.61. The molecule has 2 aromatic heterocycles. The Kier molecular flexibility index (Phi) is 4.65. The summed E-state index contributed by atoms with van der Waals surface area (Å²) >= 11 is 0. The van der Waals surface area contributed by atoms with E-state index in [1.807, 2.05) is 36.4 Å². The molecule has 0 spiro atoms. The molecule has 2 N–H and O–H groups in total. The van der Waals surface area contributed by atoms with E-state index in [0.29, 0.717) is 12.3 Å². The molecule has 0 atom stereocenters. The van der Waals surface area contributed by atoms with Gasteiger partial charge in [0, 0.05) is 28.6 Å². The maximum atomic E-state index is 9.84. The molecular formula is C25H21N3O2. The number of anilines is 1. The normalized spacial score (nSPS) is 11.3. The molecule has 5 heteroatoms. The summed E-state index contributed by atoms with van der Waals surface area (Å²) in [6.45, 7) is 2.67. The van der Waals surface area contributed by atoms with E-state index in [2.05, 4.69) is 41.5 Å². The first-order chi connectivity index (χ1) is 14.7. The molecule has 0 saturated carbocycles. The number of rotatable bonds is 5. The van der Waals surface area contributed by atoms with Gasteiger partial charge < -0.3 is 14.8 Å². The van der Waals surface area contributed by atoms with Gasteiger partial charge in [-0.3, -0.25) is 0 Å². The highest BCUT2D eigenvalue weighted by atomic mass is 16.3. The first-order valence-electron chi connectivity index (χ1n) is 9.87. The number of aromatic nitrogens is 2. The third kappa shape index (κ3) is 3.29. The van der Waals surface area contributed by atoms with Crippen LogP contribution in [0.1, 0.15) is 16.7 Å². The van der Waals surface area contributed by atoms with Crippen LogP contribution in [-0.2, 0) is 13.2 Å². The number of aliphatic hydroxyl groups excluding tert-OH is 1. The molecule has 0 fully saturated rings. The Hall–Kier alpha value is -3.70. The lowest BCUT2D eigenvalue weighted by atomic mass is 10.0. The molecule has 0 aliphatic carbocycles. The number of fused-ring (bicyclic) bond motifs is 2. The minimum absolute atomic E-state index is 0.0775. The molecule has 5 aromatic rings. The number of aryl methyl sites for hydroxylation is 1. The van der Waals surface area contributed by atoms with Gasteiger partial charge in [0.15, 0.2) is 12.2 Å². The second-order valence-corrected chi connectivity index (χ2v) is 7.38. The Bertz CT molecular complexity index is 1340. The largest absolute Gasteiger partial charge is 0.444 e. The van der Waals surface area contributed by atoms with Gasteiger partial charge in [-0.2, -0.15) is 0 Å². The van der Waals surface area contributed by atoms with Crippen LogP contribution in [0.2, 0.25) is 0 Å². The number of nitrogens with one attached hydrogen (secondary N) is 1. The van der Waals surface area contributed by atoms with E-state index >= 15 is 0 Å². The zero-order chi connectivity index (χ0) is 20.5. The van der Waals surface area contributed by atoms with Crippen molar-refractivity contribution in [3.8, 4) is 11.3 Å². The van der Waals surface area contributed by atoms with Crippen LogP contribution in [-0.4, -0.2) is 15.1 Å². The average Bonchev–Trinajstić information content (AvgIpc) is 3.31. The second-order valence-electron chi connectivity index (χ2n) is 7.38. The predicted molar refractivity (Wildman–Crippen MR) is 119 cm³/mol. The van der Waals surface area contributed by atoms with Crippen molar-refractivity contribution >= 4 is 27.5 Å². The number of hydrogen-bond acceptors (Lipinski definition) is 5. The molecule has 0 bridgehead atoms. The quantitative estimate of drug-likeness (QED) is 0.387. The van der Waals surface area contributed by atoms with Crippen molar-refractivity contribution in [2.75, 3.05) is 5.32 Å². The van der Waals surface area contributed by atoms with Crippen LogP contribution >= 0.6 is 0 Å². The lowest BCUT2D eigenvalue weighted by Crippen LogP contribution is -2.03. The summed E-state index contributed by atoms with van der Waals surface area (Å²) in [6, 6.07) is 20.5. The Morgan fingerprint density at radius 3 is 2.67 bits per heavy atom. The van der Waals surface area contributed by atoms with Gasteiger partial charge in [-0.25, -0.2) is 9.97 Å². The number of nitrogens with zero attached hydrogens (tertiary/aromatic N) is 2. The molecule has 0 aliphatic heterocycles. The summed E-state index contributed by atoms with van der Waals surface area (Å²) in [5.41, 5.74) is 6.97. The maximum Gasteiger partial charge on any atom is 0.181 e. The number of aliphatic hydroxyl groups is 1. The Balaban J connectivity index is 1.54. The van der Waals surface area contributed by atoms with Crippen LogP contribution in [0.3, 0.4) is 0 Å². The van der Waals surface area contributed by atoms with E-state index in [-0.39, 0.29) is 6.61 Å². The number of benzene rings is 3. The van der Waals surface area contributed by atoms with Gasteiger partial charge in [-0.05, 0) is 54.4 Å². The van der Waals surface area contributed by atoms with Crippen LogP contribution in [0.25, 0.3) is 33.1 Å². The summed E-state index contributed by atoms with van der Waals surface area (Å²) in [4.78, 5) is 8.79. The van der Waals surface area contributed by atoms with Crippen molar-refractivity contribution in [2.24, 2.45) is 0 Å². The predicted octanol–water partition coefficient (Wildman–Crippen LogP) is 5.46. The lowest BCUT2D eigenvalue weighted by Gasteiger charge is -2.14. The third-order valence-corrected chi connectivity index (χ3v) is 5.39. The lowest BCUT2D eigenvalue weighted by molar-refractivity contribution is 0.282. The van der Waals surface area contributed by atoms with E-state index < -0.39 is 0 Å². The topological polar surface area (TPSA) is 71.2 Å². The monoisotopic (exact) mass is 395 g/mol. The van der Waals surface area contributed by atoms with E-state index in [4.69, 9.17) is 9.40 Å². The highest BCUT2D eigenvalue weighted by molar-refractivity contribution is 5.97. The third-order valence-electron chi connectivity index (χ3n) is 5.39. The van der Waals surface area contributed by atoms with E-state index in [1.54, 1.807) is 6.20 Å². The highest BCUT2D eigenvalue weighted by Gasteiger charge is 2.11. The van der Waals surface area contributed by atoms with Crippen molar-refractivity contribution in [3.05, 3.63) is 89.9 Å². The van der Waals surface area contributed by atoms with Crippen LogP contribution in [0.15, 0.2) is 77.7 Å². The van der Waals surface area contributed by atoms with Crippen molar-refractivity contribution in [1.29, 1.82) is 0 Å². The van der Waals surface area contributed by atoms with Gasteiger partial charge in [0.2, 0.25) is 0 Å². The molecule has 0 unspecified atom stereocenters. The van der Waals surface area contributed by atoms with E-state index in [9.17, 15) is 5.11 Å². The molecule has 0 radical (unpaired) electrons. The first-order valence-corrected chi connectivity index (χ1v) is 9.87. The molecule has 3 aromatic carbocycles. The minimum atomic E-state index is -0.0775. The molecular weight excluding hydrogens is 374 g/mol. The highest BCUT2D eigenvalue weighted by Crippen LogP contribution is 2.29. The van der Waals surface area contributed by atoms with Gasteiger partial charge in [0.05, 0.1) is 23.8 Å². The molecule has 5 rings (SSSR count). The van der Waals surface area contributed by atoms with Crippen molar-refractivity contribution < 1.29 is 9.52 Å². The van der Waals surface area contributed by atoms with Gasteiger partial charge in [-0.15, -0.1) is 0 Å². The molecule has 5 nitrogen and oxygen atoms in total. The number of oxazole rings is 1.